The van der Waals surface area contributed by atoms with Crippen molar-refractivity contribution in [2.24, 2.45) is 5.10 Å². The zero-order chi connectivity index (χ0) is 19.1. The number of amides is 1. The van der Waals surface area contributed by atoms with E-state index in [0.717, 1.165) is 0 Å². The molecule has 0 saturated heterocycles. The summed E-state index contributed by atoms with van der Waals surface area (Å²) in [4.78, 5) is 22.3. The van der Waals surface area contributed by atoms with E-state index in [1.807, 2.05) is 0 Å². The van der Waals surface area contributed by atoms with Crippen LogP contribution in [0.15, 0.2) is 39.9 Å². The topological polar surface area (TPSA) is 104 Å². The predicted octanol–water partition coefficient (Wildman–Crippen LogP) is 1.33. The molecule has 0 saturated carbocycles. The second-order valence-electron chi connectivity index (χ2n) is 5.53. The Labute approximate surface area is 149 Å². The predicted molar refractivity (Wildman–Crippen MR) is 89.0 cm³/mol. The third kappa shape index (κ3) is 5.73. The maximum absolute atomic E-state index is 12.8. The van der Waals surface area contributed by atoms with Crippen molar-refractivity contribution in [2.75, 3.05) is 6.61 Å². The number of hydrazone groups is 1. The molecule has 1 heterocycles. The number of hydrogen-bond donors (Lipinski definition) is 1. The Morgan fingerprint density at radius 2 is 2.00 bits per heavy atom. The molecule has 1 amide bonds. The Morgan fingerprint density at radius 1 is 1.31 bits per heavy atom. The summed E-state index contributed by atoms with van der Waals surface area (Å²) in [6.07, 6.45) is 0.0777. The second kappa shape index (κ2) is 8.80. The van der Waals surface area contributed by atoms with Crippen molar-refractivity contribution < 1.29 is 28.2 Å². The Balaban J connectivity index is 1.89. The maximum Gasteiger partial charge on any atom is 0.277 e. The van der Waals surface area contributed by atoms with E-state index in [0.29, 0.717) is 28.5 Å². The number of nitrogens with zero attached hydrogens (tertiary/aromatic N) is 1. The molecule has 0 atom stereocenters. The van der Waals surface area contributed by atoms with Crippen molar-refractivity contribution in [3.63, 3.8) is 0 Å². The first-order valence-electron chi connectivity index (χ1n) is 7.86. The lowest BCUT2D eigenvalue weighted by Crippen LogP contribution is -2.25. The highest BCUT2D eigenvalue weighted by Gasteiger charge is 2.11. The summed E-state index contributed by atoms with van der Waals surface area (Å²) in [6.45, 7) is 3.13. The molecule has 0 aliphatic heterocycles. The molecular weight excluding hydrogens is 343 g/mol. The van der Waals surface area contributed by atoms with Gasteiger partial charge in [-0.25, -0.2) is 9.82 Å². The zero-order valence-corrected chi connectivity index (χ0v) is 14.4. The van der Waals surface area contributed by atoms with Crippen molar-refractivity contribution >= 4 is 17.6 Å². The van der Waals surface area contributed by atoms with Gasteiger partial charge in [0, 0.05) is 18.0 Å². The molecule has 2 aromatic rings. The molecule has 0 bridgehead atoms. The van der Waals surface area contributed by atoms with Gasteiger partial charge in [0.2, 0.25) is 0 Å². The van der Waals surface area contributed by atoms with Gasteiger partial charge in [-0.1, -0.05) is 0 Å². The van der Waals surface area contributed by atoms with Gasteiger partial charge in [0.25, 0.3) is 5.91 Å². The van der Waals surface area contributed by atoms with Gasteiger partial charge in [0.15, 0.2) is 6.61 Å². The number of carbonyl (C=O) groups excluding carboxylic acids is 2. The fraction of sp³-hybridized carbons (Fsp3) is 0.278. The van der Waals surface area contributed by atoms with E-state index in [1.165, 1.54) is 24.3 Å². The number of aliphatic carboxylic acids is 1. The van der Waals surface area contributed by atoms with Crippen LogP contribution in [0.3, 0.4) is 0 Å². The fourth-order valence-corrected chi connectivity index (χ4v) is 2.17. The standard InChI is InChI=1S/C18H19FN2O5/c1-11(16-9-15(26-12(16)2)7-8-18(23)24)20-21-17(22)10-25-14-5-3-13(19)4-6-14/h3-6,9H,7-8,10H2,1-2H3,(H,21,22)(H,23,24)/p-1/b20-11-. The highest BCUT2D eigenvalue weighted by molar-refractivity contribution is 6.00. The quantitative estimate of drug-likeness (QED) is 0.564. The SMILES string of the molecule is C/C(=N/NC(=O)COc1ccc(F)cc1)c1cc(CCC(=O)[O-])oc1C. The first-order valence-corrected chi connectivity index (χ1v) is 7.86. The molecule has 0 spiro atoms. The first kappa shape index (κ1) is 19.2. The molecule has 0 aliphatic carbocycles. The van der Waals surface area contributed by atoms with Crippen LogP contribution in [0.4, 0.5) is 4.39 Å². The molecule has 26 heavy (non-hydrogen) atoms. The van der Waals surface area contributed by atoms with Crippen LogP contribution < -0.4 is 15.3 Å². The zero-order valence-electron chi connectivity index (χ0n) is 14.4. The van der Waals surface area contributed by atoms with Crippen molar-refractivity contribution in [3.8, 4) is 5.75 Å². The van der Waals surface area contributed by atoms with Crippen molar-refractivity contribution in [1.82, 2.24) is 5.43 Å². The van der Waals surface area contributed by atoms with Crippen LogP contribution in [0.1, 0.15) is 30.4 Å². The van der Waals surface area contributed by atoms with E-state index in [2.05, 4.69) is 10.5 Å². The minimum atomic E-state index is -1.15. The molecular formula is C18H18FN2O5-. The number of rotatable bonds is 8. The lowest BCUT2D eigenvalue weighted by Gasteiger charge is -2.05. The van der Waals surface area contributed by atoms with Gasteiger partial charge in [0.1, 0.15) is 23.1 Å². The highest BCUT2D eigenvalue weighted by atomic mass is 19.1. The number of benzene rings is 1. The van der Waals surface area contributed by atoms with Crippen LogP contribution >= 0.6 is 0 Å². The summed E-state index contributed by atoms with van der Waals surface area (Å²) in [5, 5.41) is 14.5. The first-order chi connectivity index (χ1) is 12.3. The van der Waals surface area contributed by atoms with Gasteiger partial charge >= 0.3 is 0 Å². The number of aryl methyl sites for hydroxylation is 2. The lowest BCUT2D eigenvalue weighted by molar-refractivity contribution is -0.305. The molecule has 8 heteroatoms. The molecule has 138 valence electrons. The molecule has 0 unspecified atom stereocenters. The third-order valence-electron chi connectivity index (χ3n) is 3.47. The summed E-state index contributed by atoms with van der Waals surface area (Å²) < 4.78 is 23.5. The van der Waals surface area contributed by atoms with Crippen LogP contribution in [0, 0.1) is 12.7 Å². The molecule has 0 aliphatic rings. The summed E-state index contributed by atoms with van der Waals surface area (Å²) >= 11 is 0. The van der Waals surface area contributed by atoms with Gasteiger partial charge in [-0.2, -0.15) is 5.10 Å². The molecule has 2 rings (SSSR count). The van der Waals surface area contributed by atoms with E-state index in [1.54, 1.807) is 19.9 Å². The molecule has 1 aromatic heterocycles. The van der Waals surface area contributed by atoms with Crippen molar-refractivity contribution in [3.05, 3.63) is 53.2 Å². The van der Waals surface area contributed by atoms with E-state index in [4.69, 9.17) is 9.15 Å². The van der Waals surface area contributed by atoms with Gasteiger partial charge in [-0.3, -0.25) is 4.79 Å². The maximum atomic E-state index is 12.8. The van der Waals surface area contributed by atoms with Gasteiger partial charge in [-0.05, 0) is 50.6 Å². The van der Waals surface area contributed by atoms with Gasteiger partial charge in [0.05, 0.1) is 5.71 Å². The number of carbonyl (C=O) groups is 2. The molecule has 7 nitrogen and oxygen atoms in total. The van der Waals surface area contributed by atoms with Gasteiger partial charge < -0.3 is 19.1 Å². The highest BCUT2D eigenvalue weighted by Crippen LogP contribution is 2.17. The molecule has 0 fully saturated rings. The molecule has 0 radical (unpaired) electrons. The normalized spacial score (nSPS) is 11.3. The largest absolute Gasteiger partial charge is 0.550 e. The number of furan rings is 1. The summed E-state index contributed by atoms with van der Waals surface area (Å²) in [5.41, 5.74) is 3.52. The Bertz CT molecular complexity index is 811. The number of halogens is 1. The average Bonchev–Trinajstić information content (AvgIpc) is 2.98. The van der Waals surface area contributed by atoms with E-state index in [9.17, 15) is 19.1 Å². The number of nitrogens with one attached hydrogen (secondary N) is 1. The van der Waals surface area contributed by atoms with Crippen molar-refractivity contribution in [1.29, 1.82) is 0 Å². The number of ether oxygens (including phenoxy) is 1. The minimum absolute atomic E-state index is 0.139. The Hall–Kier alpha value is -3.16. The summed E-state index contributed by atoms with van der Waals surface area (Å²) in [6, 6.07) is 6.98. The average molecular weight is 361 g/mol. The minimum Gasteiger partial charge on any atom is -0.550 e. The van der Waals surface area contributed by atoms with E-state index >= 15 is 0 Å². The molecule has 1 aromatic carbocycles. The van der Waals surface area contributed by atoms with E-state index < -0.39 is 17.7 Å². The number of carboxylic acid groups (broad SMARTS) is 1. The fourth-order valence-electron chi connectivity index (χ4n) is 2.17. The van der Waals surface area contributed by atoms with Gasteiger partial charge in [-0.15, -0.1) is 0 Å². The lowest BCUT2D eigenvalue weighted by atomic mass is 10.1. The summed E-state index contributed by atoms with van der Waals surface area (Å²) in [7, 11) is 0. The monoisotopic (exact) mass is 361 g/mol. The smallest absolute Gasteiger partial charge is 0.277 e. The third-order valence-corrected chi connectivity index (χ3v) is 3.47. The van der Waals surface area contributed by atoms with Crippen LogP contribution in [-0.2, 0) is 16.0 Å². The Kier molecular flexibility index (Phi) is 6.48. The van der Waals surface area contributed by atoms with E-state index in [-0.39, 0.29) is 19.4 Å². The van der Waals surface area contributed by atoms with Crippen LogP contribution in [0.25, 0.3) is 0 Å². The molecule has 1 N–H and O–H groups in total. The number of hydrogen-bond acceptors (Lipinski definition) is 6. The number of carboxylic acids is 1. The van der Waals surface area contributed by atoms with Crippen molar-refractivity contribution in [2.45, 2.75) is 26.7 Å². The van der Waals surface area contributed by atoms with Crippen LogP contribution in [0.2, 0.25) is 0 Å². The Morgan fingerprint density at radius 3 is 2.65 bits per heavy atom. The summed E-state index contributed by atoms with van der Waals surface area (Å²) in [5.74, 6) is -0.591. The second-order valence-corrected chi connectivity index (χ2v) is 5.53. The van der Waals surface area contributed by atoms with Crippen LogP contribution in [-0.4, -0.2) is 24.2 Å². The van der Waals surface area contributed by atoms with Crippen LogP contribution in [0.5, 0.6) is 5.75 Å².